The van der Waals surface area contributed by atoms with Crippen molar-refractivity contribution in [1.82, 2.24) is 10.2 Å². The summed E-state index contributed by atoms with van der Waals surface area (Å²) >= 11 is 0. The lowest BCUT2D eigenvalue weighted by atomic mass is 10.1. The molecule has 20 heavy (non-hydrogen) atoms. The number of ether oxygens (including phenoxy) is 1. The first-order valence-corrected chi connectivity index (χ1v) is 7.04. The molecule has 1 aliphatic carbocycles. The second-order valence-corrected chi connectivity index (χ2v) is 5.51. The second kappa shape index (κ2) is 6.61. The number of hydrogen-bond donors (Lipinski definition) is 2. The minimum absolute atomic E-state index is 0.0503. The minimum atomic E-state index is -0.0503. The van der Waals surface area contributed by atoms with E-state index in [0.29, 0.717) is 29.6 Å². The lowest BCUT2D eigenvalue weighted by molar-refractivity contribution is 0.0950. The Hall–Kier alpha value is -1.75. The SMILES string of the molecule is CN(C)CCCOc1cc(C(=O)NC2CC2)ccc1N. The summed E-state index contributed by atoms with van der Waals surface area (Å²) in [7, 11) is 4.05. The monoisotopic (exact) mass is 277 g/mol. The zero-order valence-corrected chi connectivity index (χ0v) is 12.2. The molecule has 0 aliphatic heterocycles. The number of nitrogens with zero attached hydrogens (tertiary/aromatic N) is 1. The van der Waals surface area contributed by atoms with Crippen LogP contribution in [0.15, 0.2) is 18.2 Å². The standard InChI is InChI=1S/C15H23N3O2/c1-18(2)8-3-9-20-14-10-11(4-7-13(14)16)15(19)17-12-5-6-12/h4,7,10,12H,3,5-6,8-9,16H2,1-2H3,(H,17,19). The Balaban J connectivity index is 1.91. The van der Waals surface area contributed by atoms with Gasteiger partial charge in [0.15, 0.2) is 0 Å². The molecule has 2 rings (SSSR count). The summed E-state index contributed by atoms with van der Waals surface area (Å²) in [6.45, 7) is 1.55. The summed E-state index contributed by atoms with van der Waals surface area (Å²) in [4.78, 5) is 14.1. The van der Waals surface area contributed by atoms with Gasteiger partial charge in [0.1, 0.15) is 5.75 Å². The van der Waals surface area contributed by atoms with Crippen LogP contribution in [0.3, 0.4) is 0 Å². The highest BCUT2D eigenvalue weighted by molar-refractivity contribution is 5.95. The van der Waals surface area contributed by atoms with Gasteiger partial charge in [-0.1, -0.05) is 0 Å². The molecule has 5 nitrogen and oxygen atoms in total. The molecule has 1 amide bonds. The van der Waals surface area contributed by atoms with Gasteiger partial charge in [-0.2, -0.15) is 0 Å². The van der Waals surface area contributed by atoms with Crippen LogP contribution in [0, 0.1) is 0 Å². The molecule has 5 heteroatoms. The second-order valence-electron chi connectivity index (χ2n) is 5.51. The summed E-state index contributed by atoms with van der Waals surface area (Å²) in [5.41, 5.74) is 7.05. The quantitative estimate of drug-likeness (QED) is 0.585. The lowest BCUT2D eigenvalue weighted by Gasteiger charge is -2.12. The van der Waals surface area contributed by atoms with Crippen molar-refractivity contribution in [3.63, 3.8) is 0 Å². The average molecular weight is 277 g/mol. The molecule has 1 fully saturated rings. The van der Waals surface area contributed by atoms with Crippen molar-refractivity contribution < 1.29 is 9.53 Å². The van der Waals surface area contributed by atoms with Crippen molar-refractivity contribution in [2.75, 3.05) is 33.0 Å². The van der Waals surface area contributed by atoms with Gasteiger partial charge < -0.3 is 20.7 Å². The number of nitrogen functional groups attached to an aromatic ring is 1. The predicted molar refractivity (Wildman–Crippen MR) is 80.0 cm³/mol. The average Bonchev–Trinajstić information content (AvgIpc) is 3.20. The predicted octanol–water partition coefficient (Wildman–Crippen LogP) is 1.49. The summed E-state index contributed by atoms with van der Waals surface area (Å²) < 4.78 is 5.67. The zero-order chi connectivity index (χ0) is 14.5. The molecule has 0 saturated heterocycles. The lowest BCUT2D eigenvalue weighted by Crippen LogP contribution is -2.25. The molecule has 3 N–H and O–H groups in total. The van der Waals surface area contributed by atoms with Crippen LogP contribution in [0.5, 0.6) is 5.75 Å². The number of nitrogens with one attached hydrogen (secondary N) is 1. The summed E-state index contributed by atoms with van der Waals surface area (Å²) in [5.74, 6) is 0.540. The fraction of sp³-hybridized carbons (Fsp3) is 0.533. The van der Waals surface area contributed by atoms with Crippen LogP contribution in [0.25, 0.3) is 0 Å². The molecule has 0 spiro atoms. The van der Waals surface area contributed by atoms with Crippen LogP contribution >= 0.6 is 0 Å². The van der Waals surface area contributed by atoms with Crippen molar-refractivity contribution in [2.45, 2.75) is 25.3 Å². The Morgan fingerprint density at radius 3 is 2.85 bits per heavy atom. The van der Waals surface area contributed by atoms with Gasteiger partial charge in [-0.25, -0.2) is 0 Å². The van der Waals surface area contributed by atoms with Crippen molar-refractivity contribution in [3.8, 4) is 5.75 Å². The summed E-state index contributed by atoms with van der Waals surface area (Å²) in [5, 5.41) is 2.96. The largest absolute Gasteiger partial charge is 0.491 e. The number of carbonyl (C=O) groups is 1. The normalized spacial score (nSPS) is 14.3. The third-order valence-corrected chi connectivity index (χ3v) is 3.20. The highest BCUT2D eigenvalue weighted by atomic mass is 16.5. The van der Waals surface area contributed by atoms with Gasteiger partial charge in [0.2, 0.25) is 0 Å². The third kappa shape index (κ3) is 4.42. The van der Waals surface area contributed by atoms with E-state index >= 15 is 0 Å². The van der Waals surface area contributed by atoms with Crippen molar-refractivity contribution in [1.29, 1.82) is 0 Å². The number of amides is 1. The van der Waals surface area contributed by atoms with E-state index in [9.17, 15) is 4.79 Å². The Morgan fingerprint density at radius 2 is 2.20 bits per heavy atom. The Labute approximate surface area is 120 Å². The van der Waals surface area contributed by atoms with Gasteiger partial charge in [0, 0.05) is 18.2 Å². The van der Waals surface area contributed by atoms with Crippen LogP contribution in [-0.2, 0) is 0 Å². The first-order chi connectivity index (χ1) is 9.56. The van der Waals surface area contributed by atoms with Crippen LogP contribution in [0.4, 0.5) is 5.69 Å². The van der Waals surface area contributed by atoms with Gasteiger partial charge in [-0.05, 0) is 51.6 Å². The molecule has 0 heterocycles. The van der Waals surface area contributed by atoms with E-state index in [1.54, 1.807) is 18.2 Å². The Kier molecular flexibility index (Phi) is 4.84. The maximum absolute atomic E-state index is 12.0. The van der Waals surface area contributed by atoms with Gasteiger partial charge in [0.25, 0.3) is 5.91 Å². The van der Waals surface area contributed by atoms with E-state index in [1.807, 2.05) is 14.1 Å². The molecule has 110 valence electrons. The van der Waals surface area contributed by atoms with Gasteiger partial charge in [0.05, 0.1) is 12.3 Å². The maximum atomic E-state index is 12.0. The van der Waals surface area contributed by atoms with Gasteiger partial charge in [-0.3, -0.25) is 4.79 Å². The minimum Gasteiger partial charge on any atom is -0.491 e. The van der Waals surface area contributed by atoms with Gasteiger partial charge >= 0.3 is 0 Å². The molecule has 0 bridgehead atoms. The van der Waals surface area contributed by atoms with Crippen LogP contribution in [0.2, 0.25) is 0 Å². The smallest absolute Gasteiger partial charge is 0.251 e. The Morgan fingerprint density at radius 1 is 1.45 bits per heavy atom. The molecular formula is C15H23N3O2. The van der Waals surface area contributed by atoms with Crippen LogP contribution in [-0.4, -0.2) is 44.1 Å². The van der Waals surface area contributed by atoms with Crippen LogP contribution < -0.4 is 15.8 Å². The number of benzene rings is 1. The zero-order valence-electron chi connectivity index (χ0n) is 12.2. The number of nitrogens with two attached hydrogens (primary N) is 1. The fourth-order valence-electron chi connectivity index (χ4n) is 1.86. The van der Waals surface area contributed by atoms with E-state index < -0.39 is 0 Å². The van der Waals surface area contributed by atoms with E-state index in [-0.39, 0.29) is 5.91 Å². The number of hydrogen-bond acceptors (Lipinski definition) is 4. The number of carbonyl (C=O) groups excluding carboxylic acids is 1. The highest BCUT2D eigenvalue weighted by Gasteiger charge is 2.24. The third-order valence-electron chi connectivity index (χ3n) is 3.20. The van der Waals surface area contributed by atoms with Gasteiger partial charge in [-0.15, -0.1) is 0 Å². The first kappa shape index (κ1) is 14.7. The number of anilines is 1. The molecule has 1 saturated carbocycles. The molecule has 0 radical (unpaired) electrons. The molecule has 0 unspecified atom stereocenters. The fourth-order valence-corrected chi connectivity index (χ4v) is 1.86. The molecule has 1 aromatic rings. The van der Waals surface area contributed by atoms with E-state index in [0.717, 1.165) is 25.8 Å². The highest BCUT2D eigenvalue weighted by Crippen LogP contribution is 2.24. The summed E-state index contributed by atoms with van der Waals surface area (Å²) in [6.07, 6.45) is 3.08. The summed E-state index contributed by atoms with van der Waals surface area (Å²) in [6, 6.07) is 5.54. The van der Waals surface area contributed by atoms with E-state index in [2.05, 4.69) is 10.2 Å². The van der Waals surface area contributed by atoms with Crippen molar-refractivity contribution in [3.05, 3.63) is 23.8 Å². The van der Waals surface area contributed by atoms with Crippen molar-refractivity contribution in [2.24, 2.45) is 0 Å². The topological polar surface area (TPSA) is 67.6 Å². The number of rotatable bonds is 7. The molecular weight excluding hydrogens is 254 g/mol. The van der Waals surface area contributed by atoms with Crippen LogP contribution in [0.1, 0.15) is 29.6 Å². The van der Waals surface area contributed by atoms with Crippen molar-refractivity contribution >= 4 is 11.6 Å². The Bertz CT molecular complexity index is 470. The molecule has 0 atom stereocenters. The van der Waals surface area contributed by atoms with E-state index in [1.165, 1.54) is 0 Å². The molecule has 1 aromatic carbocycles. The van der Waals surface area contributed by atoms with E-state index in [4.69, 9.17) is 10.5 Å². The molecule has 1 aliphatic rings. The maximum Gasteiger partial charge on any atom is 0.251 e. The first-order valence-electron chi connectivity index (χ1n) is 7.04. The molecule has 0 aromatic heterocycles.